The fourth-order valence-corrected chi connectivity index (χ4v) is 8.72. The van der Waals surface area contributed by atoms with Gasteiger partial charge in [0.15, 0.2) is 5.82 Å². The molecule has 0 saturated heterocycles. The molecule has 2 aliphatic rings. The zero-order valence-corrected chi connectivity index (χ0v) is 25.9. The lowest BCUT2D eigenvalue weighted by Gasteiger charge is -2.39. The first-order valence-corrected chi connectivity index (χ1v) is 16.5. The molecular weight excluding hydrogens is 583 g/mol. The average molecular weight is 610 g/mol. The molecule has 0 fully saturated rings. The Bertz CT molecular complexity index is 2790. The zero-order chi connectivity index (χ0) is 31.4. The summed E-state index contributed by atoms with van der Waals surface area (Å²) in [6.45, 7) is 0. The fourth-order valence-electron chi connectivity index (χ4n) is 8.72. The summed E-state index contributed by atoms with van der Waals surface area (Å²) in [5.41, 5.74) is 14.9. The number of nitrogens with zero attached hydrogens (tertiary/aromatic N) is 3. The lowest BCUT2D eigenvalue weighted by Crippen LogP contribution is -2.33. The Morgan fingerprint density at radius 1 is 0.438 bits per heavy atom. The normalized spacial score (nSPS) is 15.6. The van der Waals surface area contributed by atoms with E-state index in [0.717, 1.165) is 33.5 Å². The molecule has 222 valence electrons. The molecule has 11 rings (SSSR count). The largest absolute Gasteiger partial charge is 0.309 e. The van der Waals surface area contributed by atoms with Crippen LogP contribution in [-0.2, 0) is 5.41 Å². The van der Waals surface area contributed by atoms with E-state index in [1.807, 2.05) is 6.07 Å². The Balaban J connectivity index is 1.26. The number of hydrogen-bond donors (Lipinski definition) is 0. The van der Waals surface area contributed by atoms with Crippen LogP contribution in [0.2, 0.25) is 0 Å². The van der Waals surface area contributed by atoms with Gasteiger partial charge in [0.25, 0.3) is 0 Å². The standard InChI is InChI=1S/C45H27N3/c1-2-13-28(14-3-1)42-34-17-5-9-22-39(34)46-44(47-42)29-25-26-31-30-15-4-7-19-35(30)45(38(31)27-29)36-20-8-11-24-41(36)48-40-23-10-6-16-32(40)33-18-12-21-37(45)43(33)48/h1-27H. The summed E-state index contributed by atoms with van der Waals surface area (Å²) in [6, 6.07) is 59.3. The van der Waals surface area contributed by atoms with Crippen molar-refractivity contribution in [1.29, 1.82) is 0 Å². The van der Waals surface area contributed by atoms with Gasteiger partial charge in [0.05, 0.1) is 33.3 Å². The summed E-state index contributed by atoms with van der Waals surface area (Å²) in [4.78, 5) is 10.5. The highest BCUT2D eigenvalue weighted by Crippen LogP contribution is 2.61. The Labute approximate surface area is 277 Å². The Kier molecular flexibility index (Phi) is 5.04. The van der Waals surface area contributed by atoms with Gasteiger partial charge in [-0.3, -0.25) is 0 Å². The van der Waals surface area contributed by atoms with Crippen LogP contribution in [0.4, 0.5) is 0 Å². The van der Waals surface area contributed by atoms with E-state index >= 15 is 0 Å². The smallest absolute Gasteiger partial charge is 0.160 e. The molecule has 0 bridgehead atoms. The van der Waals surface area contributed by atoms with E-state index in [9.17, 15) is 0 Å². The summed E-state index contributed by atoms with van der Waals surface area (Å²) in [7, 11) is 0. The van der Waals surface area contributed by atoms with Crippen molar-refractivity contribution in [2.45, 2.75) is 5.41 Å². The minimum absolute atomic E-state index is 0.512. The van der Waals surface area contributed by atoms with Gasteiger partial charge in [-0.15, -0.1) is 0 Å². The maximum absolute atomic E-state index is 5.28. The summed E-state index contributed by atoms with van der Waals surface area (Å²) >= 11 is 0. The molecule has 3 heterocycles. The molecule has 7 aromatic carbocycles. The van der Waals surface area contributed by atoms with Crippen LogP contribution in [0.3, 0.4) is 0 Å². The molecule has 1 aliphatic carbocycles. The molecule has 1 aliphatic heterocycles. The first-order valence-electron chi connectivity index (χ1n) is 16.5. The Morgan fingerprint density at radius 3 is 2.04 bits per heavy atom. The Hall–Kier alpha value is -6.32. The first kappa shape index (κ1) is 25.8. The van der Waals surface area contributed by atoms with E-state index in [1.54, 1.807) is 0 Å². The van der Waals surface area contributed by atoms with Gasteiger partial charge in [-0.25, -0.2) is 9.97 Å². The molecule has 48 heavy (non-hydrogen) atoms. The van der Waals surface area contributed by atoms with Gasteiger partial charge in [-0.1, -0.05) is 140 Å². The van der Waals surface area contributed by atoms with E-state index in [4.69, 9.17) is 9.97 Å². The van der Waals surface area contributed by atoms with Crippen LogP contribution in [0.5, 0.6) is 0 Å². The molecule has 9 aromatic rings. The topological polar surface area (TPSA) is 30.7 Å². The zero-order valence-electron chi connectivity index (χ0n) is 25.9. The van der Waals surface area contributed by atoms with Crippen LogP contribution in [0, 0.1) is 0 Å². The molecule has 0 saturated carbocycles. The fraction of sp³-hybridized carbons (Fsp3) is 0.0222. The number of aromatic nitrogens is 3. The lowest BCUT2D eigenvalue weighted by molar-refractivity contribution is 0.748. The van der Waals surface area contributed by atoms with Crippen LogP contribution >= 0.6 is 0 Å². The number of hydrogen-bond acceptors (Lipinski definition) is 2. The van der Waals surface area contributed by atoms with Crippen molar-refractivity contribution < 1.29 is 0 Å². The molecule has 3 heteroatoms. The van der Waals surface area contributed by atoms with Gasteiger partial charge < -0.3 is 4.57 Å². The third-order valence-electron chi connectivity index (χ3n) is 10.6. The maximum atomic E-state index is 5.28. The minimum Gasteiger partial charge on any atom is -0.309 e. The molecule has 0 amide bonds. The van der Waals surface area contributed by atoms with E-state index in [0.29, 0.717) is 0 Å². The molecule has 1 spiro atoms. The second kappa shape index (κ2) is 9.37. The van der Waals surface area contributed by atoms with Gasteiger partial charge in [0.2, 0.25) is 0 Å². The van der Waals surface area contributed by atoms with Gasteiger partial charge in [0.1, 0.15) is 0 Å². The van der Waals surface area contributed by atoms with E-state index in [1.165, 1.54) is 60.9 Å². The molecule has 2 aromatic heterocycles. The van der Waals surface area contributed by atoms with Crippen molar-refractivity contribution in [1.82, 2.24) is 14.5 Å². The van der Waals surface area contributed by atoms with Gasteiger partial charge >= 0.3 is 0 Å². The van der Waals surface area contributed by atoms with E-state index in [2.05, 4.69) is 162 Å². The van der Waals surface area contributed by atoms with Crippen molar-refractivity contribution in [2.24, 2.45) is 0 Å². The second-order valence-electron chi connectivity index (χ2n) is 12.9. The van der Waals surface area contributed by atoms with Crippen molar-refractivity contribution in [2.75, 3.05) is 0 Å². The van der Waals surface area contributed by atoms with Gasteiger partial charge in [-0.05, 0) is 57.6 Å². The first-order chi connectivity index (χ1) is 23.8. The Morgan fingerprint density at radius 2 is 1.12 bits per heavy atom. The summed E-state index contributed by atoms with van der Waals surface area (Å²) in [6.07, 6.45) is 0. The maximum Gasteiger partial charge on any atom is 0.160 e. The van der Waals surface area contributed by atoms with Crippen LogP contribution in [-0.4, -0.2) is 14.5 Å². The predicted molar refractivity (Wildman–Crippen MR) is 196 cm³/mol. The van der Waals surface area contributed by atoms with Crippen molar-refractivity contribution in [3.8, 4) is 39.5 Å². The number of para-hydroxylation sites is 4. The summed E-state index contributed by atoms with van der Waals surface area (Å²) in [5.74, 6) is 0.734. The third kappa shape index (κ3) is 3.18. The number of fused-ring (bicyclic) bond motifs is 13. The predicted octanol–water partition coefficient (Wildman–Crippen LogP) is 10.7. The van der Waals surface area contributed by atoms with E-state index < -0.39 is 5.41 Å². The van der Waals surface area contributed by atoms with Crippen LogP contribution < -0.4 is 0 Å². The van der Waals surface area contributed by atoms with Gasteiger partial charge in [-0.2, -0.15) is 0 Å². The van der Waals surface area contributed by atoms with Crippen molar-refractivity contribution >= 4 is 32.7 Å². The SMILES string of the molecule is c1ccc(-c2nc(-c3ccc4c(c3)C3(c5ccccc5-4)c4ccccc4-n4c5ccccc5c5cccc3c54)nc3ccccc23)cc1. The van der Waals surface area contributed by atoms with Gasteiger partial charge in [0, 0.05) is 27.3 Å². The monoisotopic (exact) mass is 609 g/mol. The van der Waals surface area contributed by atoms with Crippen LogP contribution in [0.1, 0.15) is 22.3 Å². The lowest BCUT2D eigenvalue weighted by atomic mass is 9.65. The number of rotatable bonds is 2. The minimum atomic E-state index is -0.512. The molecule has 0 N–H and O–H groups in total. The molecule has 1 unspecified atom stereocenters. The van der Waals surface area contributed by atoms with E-state index in [-0.39, 0.29) is 0 Å². The molecule has 1 atom stereocenters. The molecule has 0 radical (unpaired) electrons. The highest BCUT2D eigenvalue weighted by atomic mass is 15.0. The second-order valence-corrected chi connectivity index (χ2v) is 12.9. The third-order valence-corrected chi connectivity index (χ3v) is 10.6. The highest BCUT2D eigenvalue weighted by molar-refractivity contribution is 6.13. The quantitative estimate of drug-likeness (QED) is 0.195. The van der Waals surface area contributed by atoms with Crippen LogP contribution in [0.15, 0.2) is 164 Å². The molecular formula is C45H27N3. The molecule has 3 nitrogen and oxygen atoms in total. The average Bonchev–Trinajstić information content (AvgIpc) is 3.65. The van der Waals surface area contributed by atoms with Crippen molar-refractivity contribution in [3.63, 3.8) is 0 Å². The number of benzene rings is 7. The highest BCUT2D eigenvalue weighted by Gasteiger charge is 2.50. The van der Waals surface area contributed by atoms with Crippen LogP contribution in [0.25, 0.3) is 72.2 Å². The summed E-state index contributed by atoms with van der Waals surface area (Å²) < 4.78 is 2.49. The summed E-state index contributed by atoms with van der Waals surface area (Å²) in [5, 5.41) is 3.61. The van der Waals surface area contributed by atoms with Crippen molar-refractivity contribution in [3.05, 3.63) is 186 Å².